The molecule has 3 heteroatoms. The molecular weight excluding hydrogens is 277 g/mol. The quantitative estimate of drug-likeness (QED) is 0.761. The molecule has 1 aromatic rings. The van der Waals surface area contributed by atoms with Gasteiger partial charge in [-0.25, -0.2) is 0 Å². The van der Waals surface area contributed by atoms with Crippen molar-refractivity contribution in [2.24, 2.45) is 5.92 Å². The summed E-state index contributed by atoms with van der Waals surface area (Å²) in [6.07, 6.45) is 6.86. The van der Waals surface area contributed by atoms with Gasteiger partial charge in [0.1, 0.15) is 0 Å². The summed E-state index contributed by atoms with van der Waals surface area (Å²) >= 11 is 12.4. The minimum atomic E-state index is 0.239. The highest BCUT2D eigenvalue weighted by Gasteiger charge is 2.22. The molecule has 106 valence electrons. The molecular formula is C16H23Cl2N. The van der Waals surface area contributed by atoms with Crippen molar-refractivity contribution in [3.05, 3.63) is 33.8 Å². The summed E-state index contributed by atoms with van der Waals surface area (Å²) in [5, 5.41) is 5.01. The largest absolute Gasteiger partial charge is 0.307 e. The standard InChI is InChI=1S/C16H23Cl2N/c1-11(13-7-4-3-5-8-13)19-12(2)14-9-6-10-15(17)16(14)18/h6,9-13,19H,3-5,7-8H2,1-2H3/t11-,12?/m1/s1. The van der Waals surface area contributed by atoms with E-state index >= 15 is 0 Å². The Morgan fingerprint density at radius 1 is 1.11 bits per heavy atom. The summed E-state index contributed by atoms with van der Waals surface area (Å²) in [6, 6.07) is 6.63. The second-order valence-electron chi connectivity index (χ2n) is 5.72. The number of rotatable bonds is 4. The molecule has 1 N–H and O–H groups in total. The van der Waals surface area contributed by atoms with Crippen molar-refractivity contribution >= 4 is 23.2 Å². The average molecular weight is 300 g/mol. The lowest BCUT2D eigenvalue weighted by Gasteiger charge is -2.31. The SMILES string of the molecule is CC(N[C@H](C)C1CCCCC1)c1cccc(Cl)c1Cl. The zero-order valence-corrected chi connectivity index (χ0v) is 13.3. The third-order valence-electron chi connectivity index (χ3n) is 4.32. The Balaban J connectivity index is 1.99. The second kappa shape index (κ2) is 6.97. The van der Waals surface area contributed by atoms with Crippen molar-refractivity contribution in [3.8, 4) is 0 Å². The van der Waals surface area contributed by atoms with Crippen molar-refractivity contribution in [3.63, 3.8) is 0 Å². The van der Waals surface area contributed by atoms with E-state index < -0.39 is 0 Å². The van der Waals surface area contributed by atoms with E-state index in [-0.39, 0.29) is 6.04 Å². The van der Waals surface area contributed by atoms with Crippen LogP contribution in [0.25, 0.3) is 0 Å². The summed E-state index contributed by atoms with van der Waals surface area (Å²) in [4.78, 5) is 0. The maximum atomic E-state index is 6.29. The van der Waals surface area contributed by atoms with Crippen molar-refractivity contribution in [1.82, 2.24) is 5.32 Å². The molecule has 0 aliphatic heterocycles. The minimum absolute atomic E-state index is 0.239. The highest BCUT2D eigenvalue weighted by molar-refractivity contribution is 6.42. The van der Waals surface area contributed by atoms with Gasteiger partial charge in [-0.05, 0) is 44.2 Å². The van der Waals surface area contributed by atoms with E-state index in [4.69, 9.17) is 23.2 Å². The Kier molecular flexibility index (Phi) is 5.56. The Bertz CT molecular complexity index is 413. The molecule has 0 heterocycles. The number of hydrogen-bond donors (Lipinski definition) is 1. The summed E-state index contributed by atoms with van der Waals surface area (Å²) in [7, 11) is 0. The third-order valence-corrected chi connectivity index (χ3v) is 5.15. The predicted molar refractivity (Wildman–Crippen MR) is 84.0 cm³/mol. The lowest BCUT2D eigenvalue weighted by atomic mass is 9.84. The van der Waals surface area contributed by atoms with E-state index in [1.165, 1.54) is 32.1 Å². The van der Waals surface area contributed by atoms with Gasteiger partial charge in [0.2, 0.25) is 0 Å². The summed E-state index contributed by atoms with van der Waals surface area (Å²) in [6.45, 7) is 4.46. The van der Waals surface area contributed by atoms with Crippen LogP contribution in [0.15, 0.2) is 18.2 Å². The van der Waals surface area contributed by atoms with Gasteiger partial charge in [0, 0.05) is 12.1 Å². The van der Waals surface area contributed by atoms with E-state index in [2.05, 4.69) is 25.2 Å². The van der Waals surface area contributed by atoms with Gasteiger partial charge in [-0.1, -0.05) is 54.6 Å². The molecule has 19 heavy (non-hydrogen) atoms. The number of nitrogens with one attached hydrogen (secondary N) is 1. The van der Waals surface area contributed by atoms with Gasteiger partial charge < -0.3 is 5.32 Å². The Hall–Kier alpha value is -0.240. The minimum Gasteiger partial charge on any atom is -0.307 e. The molecule has 1 unspecified atom stereocenters. The molecule has 2 atom stereocenters. The fourth-order valence-corrected chi connectivity index (χ4v) is 3.58. The first-order valence-electron chi connectivity index (χ1n) is 7.29. The summed E-state index contributed by atoms with van der Waals surface area (Å²) in [5.41, 5.74) is 1.09. The first-order chi connectivity index (χ1) is 9.09. The molecule has 0 saturated heterocycles. The predicted octanol–water partition coefficient (Wildman–Crippen LogP) is 5.61. The summed E-state index contributed by atoms with van der Waals surface area (Å²) in [5.74, 6) is 0.800. The molecule has 0 bridgehead atoms. The molecule has 1 aliphatic rings. The molecule has 1 saturated carbocycles. The van der Waals surface area contributed by atoms with Crippen LogP contribution in [0, 0.1) is 5.92 Å². The fraction of sp³-hybridized carbons (Fsp3) is 0.625. The van der Waals surface area contributed by atoms with Crippen LogP contribution in [0.5, 0.6) is 0 Å². The fourth-order valence-electron chi connectivity index (χ4n) is 3.11. The lowest BCUT2D eigenvalue weighted by molar-refractivity contribution is 0.268. The Morgan fingerprint density at radius 2 is 1.79 bits per heavy atom. The maximum absolute atomic E-state index is 6.29. The van der Waals surface area contributed by atoms with Gasteiger partial charge in [-0.3, -0.25) is 0 Å². The van der Waals surface area contributed by atoms with Gasteiger partial charge >= 0.3 is 0 Å². The summed E-state index contributed by atoms with van der Waals surface area (Å²) < 4.78 is 0. The highest BCUT2D eigenvalue weighted by atomic mass is 35.5. The first kappa shape index (κ1) is 15.2. The van der Waals surface area contributed by atoms with Crippen LogP contribution < -0.4 is 5.32 Å². The van der Waals surface area contributed by atoms with Gasteiger partial charge in [0.25, 0.3) is 0 Å². The monoisotopic (exact) mass is 299 g/mol. The second-order valence-corrected chi connectivity index (χ2v) is 6.50. The molecule has 1 aliphatic carbocycles. The van der Waals surface area contributed by atoms with Crippen LogP contribution in [-0.4, -0.2) is 6.04 Å². The molecule has 1 fully saturated rings. The zero-order valence-electron chi connectivity index (χ0n) is 11.8. The van der Waals surface area contributed by atoms with Crippen LogP contribution >= 0.6 is 23.2 Å². The molecule has 0 amide bonds. The van der Waals surface area contributed by atoms with Crippen LogP contribution in [0.4, 0.5) is 0 Å². The molecule has 1 nitrogen and oxygen atoms in total. The van der Waals surface area contributed by atoms with Crippen molar-refractivity contribution in [2.75, 3.05) is 0 Å². The molecule has 0 radical (unpaired) electrons. The first-order valence-corrected chi connectivity index (χ1v) is 8.05. The van der Waals surface area contributed by atoms with E-state index in [0.29, 0.717) is 16.1 Å². The number of halogens is 2. The highest BCUT2D eigenvalue weighted by Crippen LogP contribution is 2.32. The van der Waals surface area contributed by atoms with Gasteiger partial charge in [0.15, 0.2) is 0 Å². The molecule has 1 aromatic carbocycles. The van der Waals surface area contributed by atoms with Gasteiger partial charge in [-0.2, -0.15) is 0 Å². The van der Waals surface area contributed by atoms with Crippen molar-refractivity contribution in [1.29, 1.82) is 0 Å². The lowest BCUT2D eigenvalue weighted by Crippen LogP contribution is -2.36. The van der Waals surface area contributed by atoms with Gasteiger partial charge in [-0.15, -0.1) is 0 Å². The smallest absolute Gasteiger partial charge is 0.0639 e. The number of benzene rings is 1. The van der Waals surface area contributed by atoms with E-state index in [1.54, 1.807) is 0 Å². The molecule has 0 aromatic heterocycles. The van der Waals surface area contributed by atoms with E-state index in [9.17, 15) is 0 Å². The van der Waals surface area contributed by atoms with E-state index in [0.717, 1.165) is 11.5 Å². The van der Waals surface area contributed by atoms with E-state index in [1.807, 2.05) is 12.1 Å². The maximum Gasteiger partial charge on any atom is 0.0639 e. The van der Waals surface area contributed by atoms with Crippen molar-refractivity contribution < 1.29 is 0 Å². The van der Waals surface area contributed by atoms with Crippen LogP contribution in [0.3, 0.4) is 0 Å². The molecule has 2 rings (SSSR count). The average Bonchev–Trinajstić information content (AvgIpc) is 2.42. The van der Waals surface area contributed by atoms with Crippen molar-refractivity contribution in [2.45, 2.75) is 58.0 Å². The topological polar surface area (TPSA) is 12.0 Å². The Labute approximate surface area is 126 Å². The van der Waals surface area contributed by atoms with Crippen LogP contribution in [-0.2, 0) is 0 Å². The zero-order chi connectivity index (χ0) is 13.8. The Morgan fingerprint density at radius 3 is 2.47 bits per heavy atom. The van der Waals surface area contributed by atoms with Crippen LogP contribution in [0.2, 0.25) is 10.0 Å². The third kappa shape index (κ3) is 3.87. The number of hydrogen-bond acceptors (Lipinski definition) is 1. The normalized spacial score (nSPS) is 20.2. The van der Waals surface area contributed by atoms with Crippen LogP contribution in [0.1, 0.15) is 57.6 Å². The van der Waals surface area contributed by atoms with Gasteiger partial charge in [0.05, 0.1) is 10.0 Å². The molecule has 0 spiro atoms.